The first-order chi connectivity index (χ1) is 7.42. The van der Waals surface area contributed by atoms with Gasteiger partial charge in [-0.1, -0.05) is 26.7 Å². The van der Waals surface area contributed by atoms with Crippen molar-refractivity contribution in [1.29, 1.82) is 0 Å². The fourth-order valence-electron chi connectivity index (χ4n) is 1.47. The van der Waals surface area contributed by atoms with Gasteiger partial charge in [-0.3, -0.25) is 4.21 Å². The van der Waals surface area contributed by atoms with Gasteiger partial charge in [0.1, 0.15) is 0 Å². The summed E-state index contributed by atoms with van der Waals surface area (Å²) in [6.45, 7) is 6.23. The molecule has 0 aromatic carbocycles. The number of hydrogen-bond acceptors (Lipinski definition) is 2. The molecule has 0 atom stereocenters. The second-order valence-corrected chi connectivity index (χ2v) is 9.10. The summed E-state index contributed by atoms with van der Waals surface area (Å²) in [5, 5.41) is 0. The molecule has 0 rings (SSSR count). The van der Waals surface area contributed by atoms with E-state index in [9.17, 15) is 4.21 Å². The van der Waals surface area contributed by atoms with Crippen LogP contribution < -0.4 is 0 Å². The molecule has 0 saturated heterocycles. The van der Waals surface area contributed by atoms with Crippen LogP contribution in [0.15, 0.2) is 0 Å². The van der Waals surface area contributed by atoms with E-state index in [1.807, 2.05) is 12.5 Å². The average molecular weight is 250 g/mol. The van der Waals surface area contributed by atoms with E-state index >= 15 is 0 Å². The molecule has 100 valence electrons. The fourth-order valence-corrected chi connectivity index (χ4v) is 2.46. The van der Waals surface area contributed by atoms with Crippen molar-refractivity contribution < 1.29 is 8.95 Å². The van der Waals surface area contributed by atoms with Gasteiger partial charge in [0.15, 0.2) is 0 Å². The maximum atomic E-state index is 11.4. The van der Waals surface area contributed by atoms with E-state index in [0.717, 1.165) is 44.1 Å². The van der Waals surface area contributed by atoms with Crippen molar-refractivity contribution in [3.05, 3.63) is 0 Å². The van der Waals surface area contributed by atoms with E-state index in [2.05, 4.69) is 13.8 Å². The maximum absolute atomic E-state index is 11.4. The second kappa shape index (κ2) is 9.17. The SMILES string of the molecule is CC(C)CCOCCCCCC[SH](C)(C)=O. The first-order valence-electron chi connectivity index (χ1n) is 6.53. The number of rotatable bonds is 10. The predicted molar refractivity (Wildman–Crippen MR) is 75.0 cm³/mol. The van der Waals surface area contributed by atoms with Gasteiger partial charge in [-0.2, -0.15) is 0 Å². The molecule has 0 aliphatic carbocycles. The lowest BCUT2D eigenvalue weighted by Gasteiger charge is -2.10. The van der Waals surface area contributed by atoms with Gasteiger partial charge in [-0.05, 0) is 37.7 Å². The molecule has 0 aliphatic heterocycles. The summed E-state index contributed by atoms with van der Waals surface area (Å²) in [5.41, 5.74) is 0. The Balaban J connectivity index is 3.08. The Kier molecular flexibility index (Phi) is 9.24. The molecular weight excluding hydrogens is 220 g/mol. The van der Waals surface area contributed by atoms with Crippen LogP contribution in [0.1, 0.15) is 46.0 Å². The number of hydrogen-bond donors (Lipinski definition) is 1. The van der Waals surface area contributed by atoms with Crippen LogP contribution in [0.25, 0.3) is 0 Å². The highest BCUT2D eigenvalue weighted by atomic mass is 32.2. The topological polar surface area (TPSA) is 26.3 Å². The zero-order chi connectivity index (χ0) is 12.4. The van der Waals surface area contributed by atoms with E-state index in [1.54, 1.807) is 0 Å². The molecule has 0 bridgehead atoms. The molecule has 0 amide bonds. The molecule has 0 unspecified atom stereocenters. The van der Waals surface area contributed by atoms with Crippen molar-refractivity contribution in [3.63, 3.8) is 0 Å². The Bertz CT molecular complexity index is 196. The van der Waals surface area contributed by atoms with Crippen LogP contribution in [0.5, 0.6) is 0 Å². The van der Waals surface area contributed by atoms with Gasteiger partial charge in [0.25, 0.3) is 0 Å². The Morgan fingerprint density at radius 3 is 2.19 bits per heavy atom. The van der Waals surface area contributed by atoms with Crippen LogP contribution >= 0.6 is 0 Å². The smallest absolute Gasteiger partial charge is 0.0468 e. The molecule has 0 saturated carbocycles. The van der Waals surface area contributed by atoms with Crippen LogP contribution in [0, 0.1) is 5.92 Å². The molecule has 0 N–H and O–H groups in total. The van der Waals surface area contributed by atoms with Crippen LogP contribution in [-0.4, -0.2) is 35.7 Å². The third-order valence-corrected chi connectivity index (χ3v) is 3.97. The normalized spacial score (nSPS) is 13.3. The lowest BCUT2D eigenvalue weighted by atomic mass is 10.1. The minimum absolute atomic E-state index is 0.739. The molecule has 0 aliphatic rings. The van der Waals surface area contributed by atoms with Gasteiger partial charge >= 0.3 is 0 Å². The van der Waals surface area contributed by atoms with Crippen LogP contribution in [-0.2, 0) is 14.7 Å². The highest BCUT2D eigenvalue weighted by Crippen LogP contribution is 2.05. The molecule has 0 spiro atoms. The lowest BCUT2D eigenvalue weighted by Crippen LogP contribution is -2.11. The van der Waals surface area contributed by atoms with Crippen molar-refractivity contribution in [2.75, 3.05) is 31.5 Å². The van der Waals surface area contributed by atoms with Gasteiger partial charge in [-0.15, -0.1) is 9.93 Å². The minimum atomic E-state index is -1.77. The highest BCUT2D eigenvalue weighted by Gasteiger charge is 1.99. The van der Waals surface area contributed by atoms with E-state index in [-0.39, 0.29) is 0 Å². The van der Waals surface area contributed by atoms with E-state index in [1.165, 1.54) is 12.8 Å². The molecule has 2 nitrogen and oxygen atoms in total. The maximum Gasteiger partial charge on any atom is 0.0468 e. The van der Waals surface area contributed by atoms with Crippen molar-refractivity contribution >= 4 is 9.93 Å². The van der Waals surface area contributed by atoms with Crippen molar-refractivity contribution in [2.24, 2.45) is 5.92 Å². The molecule has 0 fully saturated rings. The molecule has 16 heavy (non-hydrogen) atoms. The molecule has 0 heterocycles. The second-order valence-electron chi connectivity index (χ2n) is 5.51. The minimum Gasteiger partial charge on any atom is -0.381 e. The fraction of sp³-hybridized carbons (Fsp3) is 1.00. The third-order valence-electron chi connectivity index (χ3n) is 2.57. The van der Waals surface area contributed by atoms with Gasteiger partial charge < -0.3 is 4.74 Å². The number of ether oxygens (including phenoxy) is 1. The first kappa shape index (κ1) is 16.1. The Morgan fingerprint density at radius 1 is 1.00 bits per heavy atom. The molecule has 0 aromatic heterocycles. The summed E-state index contributed by atoms with van der Waals surface area (Å²) in [7, 11) is -1.77. The van der Waals surface area contributed by atoms with Crippen LogP contribution in [0.3, 0.4) is 0 Å². The van der Waals surface area contributed by atoms with Gasteiger partial charge in [0, 0.05) is 19.0 Å². The predicted octanol–water partition coefficient (Wildman–Crippen LogP) is 2.89. The summed E-state index contributed by atoms with van der Waals surface area (Å²) in [5.74, 6) is 1.64. The lowest BCUT2D eigenvalue weighted by molar-refractivity contribution is 0.120. The monoisotopic (exact) mass is 250 g/mol. The summed E-state index contributed by atoms with van der Waals surface area (Å²) in [6, 6.07) is 0. The number of unbranched alkanes of at least 4 members (excludes halogenated alkanes) is 3. The first-order valence-corrected chi connectivity index (χ1v) is 9.32. The van der Waals surface area contributed by atoms with Crippen molar-refractivity contribution in [2.45, 2.75) is 46.0 Å². The Labute approximate surface area is 103 Å². The zero-order valence-corrected chi connectivity index (χ0v) is 12.4. The van der Waals surface area contributed by atoms with E-state index in [4.69, 9.17) is 4.74 Å². The summed E-state index contributed by atoms with van der Waals surface area (Å²) < 4.78 is 17.0. The Morgan fingerprint density at radius 2 is 1.62 bits per heavy atom. The molecule has 0 radical (unpaired) electrons. The summed E-state index contributed by atoms with van der Waals surface area (Å²) in [4.78, 5) is 0. The molecule has 0 aromatic rings. The number of thiol groups is 1. The van der Waals surface area contributed by atoms with Crippen molar-refractivity contribution in [3.8, 4) is 0 Å². The molecule has 3 heteroatoms. The van der Waals surface area contributed by atoms with Crippen LogP contribution in [0.2, 0.25) is 0 Å². The van der Waals surface area contributed by atoms with Crippen LogP contribution in [0.4, 0.5) is 0 Å². The van der Waals surface area contributed by atoms with E-state index in [0.29, 0.717) is 0 Å². The van der Waals surface area contributed by atoms with Gasteiger partial charge in [0.05, 0.1) is 0 Å². The molecular formula is C13H30O2S. The Hall–Kier alpha value is 0.110. The summed E-state index contributed by atoms with van der Waals surface area (Å²) in [6.07, 6.45) is 9.58. The average Bonchev–Trinajstić information content (AvgIpc) is 2.13. The largest absolute Gasteiger partial charge is 0.381 e. The third kappa shape index (κ3) is 14.1. The quantitative estimate of drug-likeness (QED) is 0.477. The van der Waals surface area contributed by atoms with E-state index < -0.39 is 9.93 Å². The van der Waals surface area contributed by atoms with Gasteiger partial charge in [-0.25, -0.2) is 0 Å². The highest BCUT2D eigenvalue weighted by molar-refractivity contribution is 8.01. The van der Waals surface area contributed by atoms with Gasteiger partial charge in [0.2, 0.25) is 0 Å². The summed E-state index contributed by atoms with van der Waals surface area (Å²) >= 11 is 0. The zero-order valence-electron chi connectivity index (χ0n) is 11.5. The van der Waals surface area contributed by atoms with Crippen molar-refractivity contribution in [1.82, 2.24) is 0 Å². The standard InChI is InChI=1S/C13H30O2S/c1-13(2)9-11-15-10-7-5-6-8-12-16(3,4)14/h13,16H,5-12H2,1-4H3.